The summed E-state index contributed by atoms with van der Waals surface area (Å²) in [6, 6.07) is 13.4. The van der Waals surface area contributed by atoms with E-state index in [1.54, 1.807) is 0 Å². The first-order valence-electron chi connectivity index (χ1n) is 11.8. The second-order valence-electron chi connectivity index (χ2n) is 12.4. The SMILES string of the molecule is CC1(C[C@](C)(Cc2cc(C(C)(C)C)cc(F)c2F)c2ccccc2)CCC(C(C)(C)C)O1. The van der Waals surface area contributed by atoms with E-state index >= 15 is 4.39 Å². The summed E-state index contributed by atoms with van der Waals surface area (Å²) in [5.41, 5.74) is 1.51. The van der Waals surface area contributed by atoms with Crippen LogP contribution in [0.25, 0.3) is 0 Å². The van der Waals surface area contributed by atoms with Crippen LogP contribution in [0.15, 0.2) is 42.5 Å². The average Bonchev–Trinajstić information content (AvgIpc) is 3.07. The van der Waals surface area contributed by atoms with Crippen molar-refractivity contribution in [2.75, 3.05) is 0 Å². The standard InChI is InChI=1S/C29H40F2O/c1-26(2,3)22-16-20(25(31)23(30)17-22)18-28(7,21-12-10-9-11-13-21)19-29(8)15-14-24(32-29)27(4,5)6/h9-13,16-17,24H,14-15,18-19H2,1-8H3/t24?,28-,29?/m0/s1. The third kappa shape index (κ3) is 5.42. The highest BCUT2D eigenvalue weighted by Gasteiger charge is 2.45. The second-order valence-corrected chi connectivity index (χ2v) is 12.4. The van der Waals surface area contributed by atoms with Crippen molar-refractivity contribution < 1.29 is 13.5 Å². The Bertz CT molecular complexity index is 938. The Morgan fingerprint density at radius 1 is 0.938 bits per heavy atom. The topological polar surface area (TPSA) is 9.23 Å². The molecular weight excluding hydrogens is 402 g/mol. The minimum absolute atomic E-state index is 0.0805. The van der Waals surface area contributed by atoms with E-state index in [0.717, 1.165) is 30.4 Å². The van der Waals surface area contributed by atoms with Gasteiger partial charge in [0, 0.05) is 0 Å². The lowest BCUT2D eigenvalue weighted by atomic mass is 9.69. The Morgan fingerprint density at radius 2 is 1.56 bits per heavy atom. The molecule has 0 aliphatic carbocycles. The van der Waals surface area contributed by atoms with E-state index in [9.17, 15) is 4.39 Å². The van der Waals surface area contributed by atoms with Gasteiger partial charge < -0.3 is 4.74 Å². The summed E-state index contributed by atoms with van der Waals surface area (Å²) in [5.74, 6) is -1.50. The molecule has 0 bridgehead atoms. The highest BCUT2D eigenvalue weighted by Crippen LogP contribution is 2.46. The van der Waals surface area contributed by atoms with Crippen LogP contribution < -0.4 is 0 Å². The molecule has 2 unspecified atom stereocenters. The van der Waals surface area contributed by atoms with Crippen molar-refractivity contribution >= 4 is 0 Å². The molecule has 1 saturated heterocycles. The van der Waals surface area contributed by atoms with E-state index < -0.39 is 17.0 Å². The van der Waals surface area contributed by atoms with Gasteiger partial charge in [-0.1, -0.05) is 84.9 Å². The van der Waals surface area contributed by atoms with Crippen molar-refractivity contribution in [2.24, 2.45) is 5.41 Å². The van der Waals surface area contributed by atoms with Gasteiger partial charge in [-0.15, -0.1) is 0 Å². The molecule has 176 valence electrons. The lowest BCUT2D eigenvalue weighted by molar-refractivity contribution is -0.0831. The first kappa shape index (κ1) is 24.9. The summed E-state index contributed by atoms with van der Waals surface area (Å²) >= 11 is 0. The Hall–Kier alpha value is -1.74. The van der Waals surface area contributed by atoms with Crippen LogP contribution in [0.2, 0.25) is 0 Å². The van der Waals surface area contributed by atoms with Gasteiger partial charge in [-0.25, -0.2) is 8.78 Å². The van der Waals surface area contributed by atoms with Gasteiger partial charge in [0.25, 0.3) is 0 Å². The molecule has 1 heterocycles. The smallest absolute Gasteiger partial charge is 0.162 e. The zero-order chi connectivity index (χ0) is 23.9. The quantitative estimate of drug-likeness (QED) is 0.454. The Kier molecular flexibility index (Phi) is 6.66. The van der Waals surface area contributed by atoms with E-state index in [4.69, 9.17) is 4.74 Å². The predicted molar refractivity (Wildman–Crippen MR) is 129 cm³/mol. The molecule has 2 aromatic rings. The zero-order valence-corrected chi connectivity index (χ0v) is 21.1. The van der Waals surface area contributed by atoms with Crippen molar-refractivity contribution in [1.82, 2.24) is 0 Å². The van der Waals surface area contributed by atoms with Gasteiger partial charge in [-0.3, -0.25) is 0 Å². The van der Waals surface area contributed by atoms with E-state index in [1.807, 2.05) is 45.0 Å². The molecule has 1 aliphatic heterocycles. The number of hydrogen-bond acceptors (Lipinski definition) is 1. The normalized spacial score (nSPS) is 23.9. The van der Waals surface area contributed by atoms with Crippen molar-refractivity contribution in [3.8, 4) is 0 Å². The average molecular weight is 443 g/mol. The number of benzene rings is 2. The molecule has 0 aromatic heterocycles. The molecule has 3 rings (SSSR count). The van der Waals surface area contributed by atoms with Crippen LogP contribution in [0.3, 0.4) is 0 Å². The van der Waals surface area contributed by atoms with Crippen LogP contribution in [0.5, 0.6) is 0 Å². The Morgan fingerprint density at radius 3 is 2.09 bits per heavy atom. The van der Waals surface area contributed by atoms with Crippen LogP contribution in [0, 0.1) is 17.0 Å². The van der Waals surface area contributed by atoms with Crippen LogP contribution in [-0.2, 0) is 22.0 Å². The fraction of sp³-hybridized carbons (Fsp3) is 0.586. The highest BCUT2D eigenvalue weighted by molar-refractivity contribution is 5.35. The molecule has 3 heteroatoms. The lowest BCUT2D eigenvalue weighted by Crippen LogP contribution is -2.39. The second kappa shape index (κ2) is 8.56. The van der Waals surface area contributed by atoms with Crippen molar-refractivity contribution in [3.05, 3.63) is 70.8 Å². The summed E-state index contributed by atoms with van der Waals surface area (Å²) < 4.78 is 36.3. The summed E-state index contributed by atoms with van der Waals surface area (Å²) in [5, 5.41) is 0. The molecule has 2 aromatic carbocycles. The Labute approximate surface area is 193 Å². The predicted octanol–water partition coefficient (Wildman–Crippen LogP) is 8.14. The first-order valence-corrected chi connectivity index (χ1v) is 11.8. The van der Waals surface area contributed by atoms with Gasteiger partial charge in [0.1, 0.15) is 0 Å². The maximum atomic E-state index is 15.0. The van der Waals surface area contributed by atoms with Crippen LogP contribution in [-0.4, -0.2) is 11.7 Å². The van der Waals surface area contributed by atoms with Crippen LogP contribution in [0.4, 0.5) is 8.78 Å². The van der Waals surface area contributed by atoms with Crippen molar-refractivity contribution in [3.63, 3.8) is 0 Å². The fourth-order valence-corrected chi connectivity index (χ4v) is 5.20. The summed E-state index contributed by atoms with van der Waals surface area (Å²) in [6.45, 7) is 17.1. The molecule has 0 N–H and O–H groups in total. The monoisotopic (exact) mass is 442 g/mol. The lowest BCUT2D eigenvalue weighted by Gasteiger charge is -2.39. The number of halogens is 2. The molecule has 0 saturated carbocycles. The van der Waals surface area contributed by atoms with Gasteiger partial charge in [-0.05, 0) is 71.6 Å². The van der Waals surface area contributed by atoms with Crippen LogP contribution >= 0.6 is 0 Å². The molecular formula is C29H40F2O. The van der Waals surface area contributed by atoms with E-state index in [0.29, 0.717) is 12.0 Å². The van der Waals surface area contributed by atoms with Crippen molar-refractivity contribution in [2.45, 2.75) is 104 Å². The maximum Gasteiger partial charge on any atom is 0.162 e. The molecule has 1 aliphatic rings. The van der Waals surface area contributed by atoms with Gasteiger partial charge in [0.2, 0.25) is 0 Å². The Balaban J connectivity index is 2.01. The first-order chi connectivity index (χ1) is 14.6. The van der Waals surface area contributed by atoms with E-state index in [-0.39, 0.29) is 22.5 Å². The van der Waals surface area contributed by atoms with Gasteiger partial charge in [-0.2, -0.15) is 0 Å². The number of hydrogen-bond donors (Lipinski definition) is 0. The van der Waals surface area contributed by atoms with E-state index in [2.05, 4.69) is 46.8 Å². The van der Waals surface area contributed by atoms with Gasteiger partial charge in [0.05, 0.1) is 11.7 Å². The van der Waals surface area contributed by atoms with Gasteiger partial charge in [0.15, 0.2) is 11.6 Å². The zero-order valence-electron chi connectivity index (χ0n) is 21.1. The third-order valence-corrected chi connectivity index (χ3v) is 7.11. The molecule has 0 amide bonds. The minimum Gasteiger partial charge on any atom is -0.371 e. The minimum atomic E-state index is -0.765. The maximum absolute atomic E-state index is 15.0. The number of rotatable bonds is 5. The molecule has 0 spiro atoms. The molecule has 0 radical (unpaired) electrons. The molecule has 1 nitrogen and oxygen atoms in total. The van der Waals surface area contributed by atoms with Crippen LogP contribution in [0.1, 0.15) is 91.3 Å². The number of ether oxygens (including phenoxy) is 1. The summed E-state index contributed by atoms with van der Waals surface area (Å²) in [6.07, 6.45) is 3.36. The van der Waals surface area contributed by atoms with E-state index in [1.165, 1.54) is 6.07 Å². The molecule has 32 heavy (non-hydrogen) atoms. The fourth-order valence-electron chi connectivity index (χ4n) is 5.20. The molecule has 1 fully saturated rings. The largest absolute Gasteiger partial charge is 0.371 e. The van der Waals surface area contributed by atoms with Crippen molar-refractivity contribution in [1.29, 1.82) is 0 Å². The summed E-state index contributed by atoms with van der Waals surface area (Å²) in [7, 11) is 0. The molecule has 3 atom stereocenters. The third-order valence-electron chi connectivity index (χ3n) is 7.11. The highest BCUT2D eigenvalue weighted by atomic mass is 19.2. The van der Waals surface area contributed by atoms with Gasteiger partial charge >= 0.3 is 0 Å². The summed E-state index contributed by atoms with van der Waals surface area (Å²) in [4.78, 5) is 0.